The molecule has 1 aliphatic heterocycles. The Bertz CT molecular complexity index is 3490. The zero-order valence-electron chi connectivity index (χ0n) is 33.8. The number of nitrogens with zero attached hydrogens (tertiary/aromatic N) is 1. The van der Waals surface area contributed by atoms with E-state index in [1.807, 2.05) is 11.8 Å². The molecule has 0 fully saturated rings. The van der Waals surface area contributed by atoms with Gasteiger partial charge in [-0.3, -0.25) is 0 Å². The Labute approximate surface area is 360 Å². The molecule has 2 heteroatoms. The molecule has 288 valence electrons. The standard InChI is InChI=1S/C59H41NS/c1-59(43-17-6-3-7-18-43)37-57(61-38-59)42-30-33-45(41-29-34-50-48-21-9-8-19-46(48)47-20-10-11-22-49(47)54(50)35-41)53(36-42)51-24-14-26-56-58(51)52-23-12-13-25-55(52)60(56)44-31-27-40(28-32-44)39-15-4-2-5-16-39/h2-37H,38H2,1H3. The van der Waals surface area contributed by atoms with Gasteiger partial charge in [0.25, 0.3) is 0 Å². The first kappa shape index (κ1) is 35.8. The van der Waals surface area contributed by atoms with E-state index in [-0.39, 0.29) is 5.41 Å². The monoisotopic (exact) mass is 795 g/mol. The Balaban J connectivity index is 1.10. The van der Waals surface area contributed by atoms with Crippen LogP contribution in [0.3, 0.4) is 0 Å². The molecule has 0 bridgehead atoms. The highest BCUT2D eigenvalue weighted by molar-refractivity contribution is 8.08. The van der Waals surface area contributed by atoms with Gasteiger partial charge in [-0.2, -0.15) is 0 Å². The predicted molar refractivity (Wildman–Crippen MR) is 264 cm³/mol. The fraction of sp³-hybridized carbons (Fsp3) is 0.0508. The fourth-order valence-electron chi connectivity index (χ4n) is 9.96. The Morgan fingerprint density at radius 2 is 0.951 bits per heavy atom. The molecule has 1 unspecified atom stereocenters. The molecular weight excluding hydrogens is 755 g/mol. The zero-order chi connectivity index (χ0) is 40.5. The van der Waals surface area contributed by atoms with Gasteiger partial charge in [0.1, 0.15) is 0 Å². The van der Waals surface area contributed by atoms with Crippen LogP contribution in [-0.4, -0.2) is 10.3 Å². The molecule has 61 heavy (non-hydrogen) atoms. The summed E-state index contributed by atoms with van der Waals surface area (Å²) in [6.07, 6.45) is 2.50. The van der Waals surface area contributed by atoms with Gasteiger partial charge < -0.3 is 4.57 Å². The lowest BCUT2D eigenvalue weighted by atomic mass is 9.83. The lowest BCUT2D eigenvalue weighted by Crippen LogP contribution is -2.18. The largest absolute Gasteiger partial charge is 0.309 e. The molecule has 10 aromatic carbocycles. The third kappa shape index (κ3) is 5.85. The van der Waals surface area contributed by atoms with Gasteiger partial charge in [-0.15, -0.1) is 11.8 Å². The molecule has 2 heterocycles. The number of para-hydroxylation sites is 1. The first-order valence-corrected chi connectivity index (χ1v) is 22.2. The summed E-state index contributed by atoms with van der Waals surface area (Å²) >= 11 is 1.97. The average molecular weight is 796 g/mol. The summed E-state index contributed by atoms with van der Waals surface area (Å²) in [5, 5.41) is 10.2. The number of hydrogen-bond donors (Lipinski definition) is 0. The number of allylic oxidation sites excluding steroid dienone is 1. The van der Waals surface area contributed by atoms with Gasteiger partial charge in [0.15, 0.2) is 0 Å². The first-order valence-electron chi connectivity index (χ1n) is 21.2. The van der Waals surface area contributed by atoms with Crippen LogP contribution in [0.15, 0.2) is 218 Å². The Morgan fingerprint density at radius 1 is 0.393 bits per heavy atom. The SMILES string of the molecule is CC1(c2ccccc2)C=C(c2ccc(-c3ccc4c5ccccc5c5ccccc5c4c3)c(-c3cccc4c3c3ccccc3n4-c3ccc(-c4ccccc4)cc3)c2)SC1. The molecule has 1 aliphatic rings. The van der Waals surface area contributed by atoms with Crippen molar-refractivity contribution in [1.82, 2.24) is 4.57 Å². The topological polar surface area (TPSA) is 4.93 Å². The van der Waals surface area contributed by atoms with Gasteiger partial charge >= 0.3 is 0 Å². The molecule has 0 N–H and O–H groups in total. The molecule has 0 saturated heterocycles. The van der Waals surface area contributed by atoms with Crippen LogP contribution in [0.25, 0.3) is 98.1 Å². The molecule has 1 atom stereocenters. The van der Waals surface area contributed by atoms with E-state index in [9.17, 15) is 0 Å². The fourth-order valence-corrected chi connectivity index (χ4v) is 11.3. The number of benzene rings is 10. The van der Waals surface area contributed by atoms with Crippen LogP contribution >= 0.6 is 11.8 Å². The van der Waals surface area contributed by atoms with Crippen molar-refractivity contribution in [2.24, 2.45) is 0 Å². The summed E-state index contributed by atoms with van der Waals surface area (Å²) in [4.78, 5) is 1.34. The lowest BCUT2D eigenvalue weighted by molar-refractivity contribution is 0.693. The van der Waals surface area contributed by atoms with Crippen molar-refractivity contribution in [3.8, 4) is 39.1 Å². The van der Waals surface area contributed by atoms with Crippen molar-refractivity contribution in [3.05, 3.63) is 230 Å². The van der Waals surface area contributed by atoms with Crippen molar-refractivity contribution >= 4 is 70.8 Å². The second kappa shape index (κ2) is 14.3. The number of hydrogen-bond acceptors (Lipinski definition) is 1. The van der Waals surface area contributed by atoms with E-state index in [4.69, 9.17) is 0 Å². The average Bonchev–Trinajstić information content (AvgIpc) is 3.91. The highest BCUT2D eigenvalue weighted by Crippen LogP contribution is 2.49. The van der Waals surface area contributed by atoms with Crippen LogP contribution in [-0.2, 0) is 5.41 Å². The molecular formula is C59H41NS. The number of rotatable bonds is 6. The van der Waals surface area contributed by atoms with E-state index in [0.29, 0.717) is 0 Å². The number of aromatic nitrogens is 1. The van der Waals surface area contributed by atoms with E-state index >= 15 is 0 Å². The lowest BCUT2D eigenvalue weighted by Gasteiger charge is -2.21. The third-order valence-corrected chi connectivity index (χ3v) is 14.4. The molecule has 0 saturated carbocycles. The van der Waals surface area contributed by atoms with Gasteiger partial charge in [0, 0.05) is 32.5 Å². The summed E-state index contributed by atoms with van der Waals surface area (Å²) in [5.41, 5.74) is 13.5. The Kier molecular flexibility index (Phi) is 8.37. The van der Waals surface area contributed by atoms with Crippen molar-refractivity contribution in [3.63, 3.8) is 0 Å². The summed E-state index contributed by atoms with van der Waals surface area (Å²) in [6, 6.07) is 78.5. The van der Waals surface area contributed by atoms with E-state index in [1.165, 1.54) is 104 Å². The molecule has 1 nitrogen and oxygen atoms in total. The molecule has 1 aromatic heterocycles. The van der Waals surface area contributed by atoms with E-state index in [1.54, 1.807) is 0 Å². The minimum Gasteiger partial charge on any atom is -0.309 e. The molecule has 11 aromatic rings. The van der Waals surface area contributed by atoms with Crippen LogP contribution in [0.5, 0.6) is 0 Å². The highest BCUT2D eigenvalue weighted by Gasteiger charge is 2.31. The Morgan fingerprint density at radius 3 is 1.67 bits per heavy atom. The van der Waals surface area contributed by atoms with Gasteiger partial charge in [0.05, 0.1) is 11.0 Å². The minimum absolute atomic E-state index is 0.0359. The summed E-state index contributed by atoms with van der Waals surface area (Å²) in [6.45, 7) is 2.38. The molecule has 12 rings (SSSR count). The maximum absolute atomic E-state index is 2.50. The molecule has 0 aliphatic carbocycles. The highest BCUT2D eigenvalue weighted by atomic mass is 32.2. The zero-order valence-corrected chi connectivity index (χ0v) is 34.7. The van der Waals surface area contributed by atoms with E-state index in [0.717, 1.165) is 11.4 Å². The van der Waals surface area contributed by atoms with E-state index < -0.39 is 0 Å². The maximum Gasteiger partial charge on any atom is 0.0547 e. The second-order valence-corrected chi connectivity index (χ2v) is 17.7. The smallest absolute Gasteiger partial charge is 0.0547 e. The first-order chi connectivity index (χ1) is 30.1. The van der Waals surface area contributed by atoms with Gasteiger partial charge in [0.2, 0.25) is 0 Å². The quantitative estimate of drug-likeness (QED) is 0.152. The van der Waals surface area contributed by atoms with Crippen molar-refractivity contribution in [1.29, 1.82) is 0 Å². The van der Waals surface area contributed by atoms with Crippen LogP contribution < -0.4 is 0 Å². The van der Waals surface area contributed by atoms with Gasteiger partial charge in [-0.25, -0.2) is 0 Å². The molecule has 0 spiro atoms. The van der Waals surface area contributed by atoms with Gasteiger partial charge in [-0.05, 0) is 113 Å². The number of fused-ring (bicyclic) bond motifs is 9. The number of thioether (sulfide) groups is 1. The van der Waals surface area contributed by atoms with Crippen molar-refractivity contribution < 1.29 is 0 Å². The van der Waals surface area contributed by atoms with E-state index in [2.05, 4.69) is 230 Å². The van der Waals surface area contributed by atoms with Gasteiger partial charge in [-0.1, -0.05) is 189 Å². The summed E-state index contributed by atoms with van der Waals surface area (Å²) in [5.74, 6) is 1.02. The van der Waals surface area contributed by atoms with Crippen molar-refractivity contribution in [2.75, 3.05) is 5.75 Å². The normalized spacial score (nSPS) is 15.3. The third-order valence-electron chi connectivity index (χ3n) is 13.0. The minimum atomic E-state index is -0.0359. The van der Waals surface area contributed by atoms with Crippen LogP contribution in [0.4, 0.5) is 0 Å². The predicted octanol–water partition coefficient (Wildman–Crippen LogP) is 16.3. The van der Waals surface area contributed by atoms with Crippen LogP contribution in [0, 0.1) is 0 Å². The van der Waals surface area contributed by atoms with Crippen molar-refractivity contribution in [2.45, 2.75) is 12.3 Å². The van der Waals surface area contributed by atoms with Crippen LogP contribution in [0.2, 0.25) is 0 Å². The summed E-state index contributed by atoms with van der Waals surface area (Å²) < 4.78 is 2.44. The molecule has 0 amide bonds. The second-order valence-electron chi connectivity index (χ2n) is 16.7. The van der Waals surface area contributed by atoms with Crippen LogP contribution in [0.1, 0.15) is 18.1 Å². The Hall–Kier alpha value is -7.13. The maximum atomic E-state index is 2.50. The molecule has 0 radical (unpaired) electrons. The summed E-state index contributed by atoms with van der Waals surface area (Å²) in [7, 11) is 0.